The van der Waals surface area contributed by atoms with Gasteiger partial charge in [-0.2, -0.15) is 0 Å². The van der Waals surface area contributed by atoms with Crippen molar-refractivity contribution in [1.82, 2.24) is 5.32 Å². The Morgan fingerprint density at radius 3 is 2.53 bits per heavy atom. The number of amides is 1. The van der Waals surface area contributed by atoms with Gasteiger partial charge in [0.2, 0.25) is 0 Å². The molecule has 0 bridgehead atoms. The smallest absolute Gasteiger partial charge is 0.264 e. The summed E-state index contributed by atoms with van der Waals surface area (Å²) in [5, 5.41) is 2.76. The first-order valence-corrected chi connectivity index (χ1v) is 8.15. The van der Waals surface area contributed by atoms with E-state index in [1.807, 2.05) is 0 Å². The fraction of sp³-hybridized carbons (Fsp3) is 0.417. The number of halogens is 2. The molecule has 1 saturated carbocycles. The lowest BCUT2D eigenvalue weighted by Crippen LogP contribution is -2.39. The lowest BCUT2D eigenvalue weighted by Gasteiger charge is -2.26. The van der Waals surface area contributed by atoms with Crippen molar-refractivity contribution < 1.29 is 17.6 Å². The zero-order valence-corrected chi connectivity index (χ0v) is 11.8. The Kier molecular flexibility index (Phi) is 3.82. The number of rotatable bonds is 3. The molecule has 0 aliphatic heterocycles. The summed E-state index contributed by atoms with van der Waals surface area (Å²) in [4.78, 5) is 11.3. The first-order valence-electron chi connectivity index (χ1n) is 5.84. The third-order valence-electron chi connectivity index (χ3n) is 3.19. The lowest BCUT2D eigenvalue weighted by atomic mass is 9.93. The molecule has 4 nitrogen and oxygen atoms in total. The molecule has 0 heterocycles. The van der Waals surface area contributed by atoms with Gasteiger partial charge in [0.1, 0.15) is 10.7 Å². The summed E-state index contributed by atoms with van der Waals surface area (Å²) in [5.41, 5.74) is 0.172. The van der Waals surface area contributed by atoms with Crippen LogP contribution in [0.3, 0.4) is 0 Å². The van der Waals surface area contributed by atoms with Crippen LogP contribution < -0.4 is 5.32 Å². The zero-order valence-electron chi connectivity index (χ0n) is 10.2. The first kappa shape index (κ1) is 14.3. The van der Waals surface area contributed by atoms with E-state index in [1.165, 1.54) is 13.0 Å². The summed E-state index contributed by atoms with van der Waals surface area (Å²) in [7, 11) is 0.942. The van der Waals surface area contributed by atoms with E-state index in [2.05, 4.69) is 5.32 Å². The molecule has 0 saturated heterocycles. The summed E-state index contributed by atoms with van der Waals surface area (Å²) >= 11 is 0. The topological polar surface area (TPSA) is 63.2 Å². The van der Waals surface area contributed by atoms with Crippen LogP contribution in [0.2, 0.25) is 0 Å². The predicted molar refractivity (Wildman–Crippen MR) is 69.3 cm³/mol. The maximum absolute atomic E-state index is 13.7. The number of hydrogen-bond donors (Lipinski definition) is 1. The third-order valence-corrected chi connectivity index (χ3v) is 4.51. The number of hydrogen-bond acceptors (Lipinski definition) is 3. The van der Waals surface area contributed by atoms with E-state index in [0.29, 0.717) is 0 Å². The molecule has 0 unspecified atom stereocenters. The summed E-state index contributed by atoms with van der Waals surface area (Å²) < 4.78 is 36.2. The fourth-order valence-corrected chi connectivity index (χ4v) is 2.85. The molecule has 7 heteroatoms. The molecule has 0 aromatic heterocycles. The Balaban J connectivity index is 2.36. The highest BCUT2D eigenvalue weighted by Crippen LogP contribution is 2.24. The van der Waals surface area contributed by atoms with Crippen molar-refractivity contribution in [3.05, 3.63) is 29.1 Å². The molecule has 1 amide bonds. The van der Waals surface area contributed by atoms with Crippen LogP contribution in [0.15, 0.2) is 17.0 Å². The highest BCUT2D eigenvalue weighted by molar-refractivity contribution is 8.13. The van der Waals surface area contributed by atoms with Gasteiger partial charge in [0.25, 0.3) is 15.0 Å². The second-order valence-electron chi connectivity index (χ2n) is 4.64. The zero-order chi connectivity index (χ0) is 14.2. The van der Waals surface area contributed by atoms with Crippen molar-refractivity contribution in [3.63, 3.8) is 0 Å². The van der Waals surface area contributed by atoms with Gasteiger partial charge in [-0.05, 0) is 43.9 Å². The summed E-state index contributed by atoms with van der Waals surface area (Å²) in [6, 6.07) is 2.40. The molecular formula is C12H13ClFNO3S. The number of nitrogens with one attached hydrogen (secondary N) is 1. The normalized spacial score (nSPS) is 15.9. The van der Waals surface area contributed by atoms with Gasteiger partial charge in [-0.15, -0.1) is 0 Å². The molecule has 2 rings (SSSR count). The van der Waals surface area contributed by atoms with E-state index in [-0.39, 0.29) is 17.2 Å². The standard InChI is InChI=1S/C12H13ClFNO3S/c1-7-5-8(12(16)15-9-3-2-4-9)6-10(11(7)14)19(13,17)18/h5-6,9H,2-4H2,1H3,(H,15,16). The number of carbonyl (C=O) groups excluding carboxylic acids is 1. The molecule has 1 fully saturated rings. The largest absolute Gasteiger partial charge is 0.349 e. The maximum Gasteiger partial charge on any atom is 0.264 e. The van der Waals surface area contributed by atoms with Crippen molar-refractivity contribution >= 4 is 25.6 Å². The predicted octanol–water partition coefficient (Wildman–Crippen LogP) is 2.34. The molecule has 0 spiro atoms. The van der Waals surface area contributed by atoms with Gasteiger partial charge in [0.15, 0.2) is 0 Å². The van der Waals surface area contributed by atoms with Gasteiger partial charge >= 0.3 is 0 Å². The first-order chi connectivity index (χ1) is 8.79. The minimum absolute atomic E-state index is 0.0699. The van der Waals surface area contributed by atoms with Crippen molar-refractivity contribution in [3.8, 4) is 0 Å². The van der Waals surface area contributed by atoms with E-state index in [4.69, 9.17) is 10.7 Å². The van der Waals surface area contributed by atoms with Gasteiger partial charge in [-0.25, -0.2) is 12.8 Å². The average molecular weight is 306 g/mol. The molecule has 19 heavy (non-hydrogen) atoms. The van der Waals surface area contributed by atoms with E-state index >= 15 is 0 Å². The second kappa shape index (κ2) is 5.09. The molecule has 1 N–H and O–H groups in total. The molecule has 1 aliphatic carbocycles. The highest BCUT2D eigenvalue weighted by atomic mass is 35.7. The maximum atomic E-state index is 13.7. The number of benzene rings is 1. The quantitative estimate of drug-likeness (QED) is 0.872. The van der Waals surface area contributed by atoms with Gasteiger partial charge in [0.05, 0.1) is 0 Å². The average Bonchev–Trinajstić information content (AvgIpc) is 2.25. The van der Waals surface area contributed by atoms with Gasteiger partial charge in [-0.1, -0.05) is 0 Å². The lowest BCUT2D eigenvalue weighted by molar-refractivity contribution is 0.0916. The van der Waals surface area contributed by atoms with Crippen LogP contribution in [0, 0.1) is 12.7 Å². The molecule has 104 valence electrons. The number of aryl methyl sites for hydroxylation is 1. The summed E-state index contributed by atoms with van der Waals surface area (Å²) in [6.07, 6.45) is 2.88. The van der Waals surface area contributed by atoms with Crippen LogP contribution in [-0.2, 0) is 9.05 Å². The van der Waals surface area contributed by atoms with Crippen LogP contribution >= 0.6 is 10.7 Å². The van der Waals surface area contributed by atoms with Crippen LogP contribution in [0.25, 0.3) is 0 Å². The highest BCUT2D eigenvalue weighted by Gasteiger charge is 2.24. The van der Waals surface area contributed by atoms with Crippen molar-refractivity contribution in [2.75, 3.05) is 0 Å². The molecule has 0 atom stereocenters. The Morgan fingerprint density at radius 2 is 2.05 bits per heavy atom. The van der Waals surface area contributed by atoms with Crippen LogP contribution in [0.5, 0.6) is 0 Å². The van der Waals surface area contributed by atoms with Crippen molar-refractivity contribution in [1.29, 1.82) is 0 Å². The molecule has 0 radical (unpaired) electrons. The number of carbonyl (C=O) groups is 1. The second-order valence-corrected chi connectivity index (χ2v) is 7.18. The fourth-order valence-electron chi connectivity index (χ4n) is 1.87. The molecule has 1 aliphatic rings. The van der Waals surface area contributed by atoms with E-state index in [1.54, 1.807) is 0 Å². The summed E-state index contributed by atoms with van der Waals surface area (Å²) in [6.45, 7) is 1.39. The van der Waals surface area contributed by atoms with Crippen LogP contribution in [-0.4, -0.2) is 20.4 Å². The van der Waals surface area contributed by atoms with Crippen LogP contribution in [0.4, 0.5) is 4.39 Å². The Labute approximate surface area is 115 Å². The minimum Gasteiger partial charge on any atom is -0.349 e. The minimum atomic E-state index is -4.21. The van der Waals surface area contributed by atoms with Crippen LogP contribution in [0.1, 0.15) is 35.2 Å². The molecule has 1 aromatic carbocycles. The summed E-state index contributed by atoms with van der Waals surface area (Å²) in [5.74, 6) is -1.33. The SMILES string of the molecule is Cc1cc(C(=O)NC2CCC2)cc(S(=O)(=O)Cl)c1F. The molecular weight excluding hydrogens is 293 g/mol. The third kappa shape index (κ3) is 3.06. The van der Waals surface area contributed by atoms with Gasteiger partial charge in [0, 0.05) is 22.3 Å². The van der Waals surface area contributed by atoms with Crippen molar-refractivity contribution in [2.45, 2.75) is 37.1 Å². The van der Waals surface area contributed by atoms with Gasteiger partial charge < -0.3 is 5.32 Å². The van der Waals surface area contributed by atoms with Gasteiger partial charge in [-0.3, -0.25) is 4.79 Å². The van der Waals surface area contributed by atoms with Crippen molar-refractivity contribution in [2.24, 2.45) is 0 Å². The van der Waals surface area contributed by atoms with E-state index < -0.39 is 25.7 Å². The van der Waals surface area contributed by atoms with E-state index in [9.17, 15) is 17.6 Å². The molecule has 1 aromatic rings. The Hall–Kier alpha value is -1.14. The Bertz CT molecular complexity index is 626. The van der Waals surface area contributed by atoms with E-state index in [0.717, 1.165) is 25.3 Å². The Morgan fingerprint density at radius 1 is 1.42 bits per heavy atom. The monoisotopic (exact) mass is 305 g/mol.